The Balaban J connectivity index is 1.70. The summed E-state index contributed by atoms with van der Waals surface area (Å²) < 4.78 is 129. The van der Waals surface area contributed by atoms with Crippen LogP contribution in [0.5, 0.6) is 5.75 Å². The first-order valence-electron chi connectivity index (χ1n) is 15.2. The van der Waals surface area contributed by atoms with E-state index >= 15 is 0 Å². The monoisotopic (exact) mass is 818 g/mol. The summed E-state index contributed by atoms with van der Waals surface area (Å²) in [5.41, 5.74) is 5.12. The fraction of sp³-hybridized carbons (Fsp3) is 0.321. The minimum absolute atomic E-state index is 0.0579. The Labute approximate surface area is 304 Å². The highest BCUT2D eigenvalue weighted by molar-refractivity contribution is 7.92. The van der Waals surface area contributed by atoms with Crippen molar-refractivity contribution in [3.63, 3.8) is 0 Å². The number of phenolic OH excluding ortho intramolecular Hbond substituents is 1. The summed E-state index contributed by atoms with van der Waals surface area (Å²) in [4.78, 5) is 10.8. The lowest BCUT2D eigenvalue weighted by atomic mass is 10.1. The van der Waals surface area contributed by atoms with Gasteiger partial charge in [-0.3, -0.25) is 13.7 Å². The Hall–Kier alpha value is -4.63. The van der Waals surface area contributed by atoms with E-state index in [1.165, 1.54) is 43.3 Å². The lowest BCUT2D eigenvalue weighted by molar-refractivity contribution is 0.283. The zero-order valence-electron chi connectivity index (χ0n) is 27.7. The van der Waals surface area contributed by atoms with Crippen molar-refractivity contribution in [3.05, 3.63) is 48.5 Å². The number of nitrogen functional groups attached to an aromatic ring is 1. The fourth-order valence-electron chi connectivity index (χ4n) is 5.11. The number of sulfone groups is 1. The highest BCUT2D eigenvalue weighted by Gasteiger charge is 2.28. The molecule has 0 saturated carbocycles. The van der Waals surface area contributed by atoms with Crippen LogP contribution in [0.15, 0.2) is 68.6 Å². The van der Waals surface area contributed by atoms with E-state index in [0.29, 0.717) is 6.42 Å². The number of anilines is 5. The molecule has 0 amide bonds. The Bertz CT molecular complexity index is 2480. The van der Waals surface area contributed by atoms with Crippen molar-refractivity contribution in [1.29, 1.82) is 0 Å². The molecule has 0 fully saturated rings. The number of fused-ring (bicyclic) bond motifs is 1. The number of aromatic hydroxyl groups is 1. The second kappa shape index (κ2) is 16.2. The van der Waals surface area contributed by atoms with Gasteiger partial charge in [0.2, 0.25) is 17.8 Å². The summed E-state index contributed by atoms with van der Waals surface area (Å²) in [5.74, 6) is -2.36. The van der Waals surface area contributed by atoms with E-state index in [2.05, 4.69) is 40.0 Å². The molecule has 0 aliphatic carbocycles. The van der Waals surface area contributed by atoms with Crippen molar-refractivity contribution in [2.24, 2.45) is 10.2 Å². The molecule has 53 heavy (non-hydrogen) atoms. The number of nitrogens with two attached hydrogens (primary N) is 1. The van der Waals surface area contributed by atoms with Crippen molar-refractivity contribution >= 4 is 86.2 Å². The van der Waals surface area contributed by atoms with Crippen LogP contribution in [0.4, 0.5) is 34.9 Å². The molecule has 4 rings (SSSR count). The van der Waals surface area contributed by atoms with E-state index in [4.69, 9.17) is 10.3 Å². The van der Waals surface area contributed by atoms with Gasteiger partial charge in [-0.15, -0.1) is 0 Å². The van der Waals surface area contributed by atoms with Gasteiger partial charge in [0.15, 0.2) is 15.6 Å². The van der Waals surface area contributed by atoms with E-state index < -0.39 is 85.4 Å². The first kappa shape index (κ1) is 41.1. The zero-order chi connectivity index (χ0) is 39.4. The SMILES string of the molecule is CCCC(CC(C)/N=N/c1c(S(=O)(=O)O)cc2cccc(Nc3nc(N)nc(Nc4ccccc4S(=O)(=O)O)n3)c2c1O)S(=O)(=O)CCOS(=O)(=O)O. The second-order valence-electron chi connectivity index (χ2n) is 11.3. The molecule has 4 aromatic rings. The molecule has 2 atom stereocenters. The van der Waals surface area contributed by atoms with Gasteiger partial charge < -0.3 is 21.5 Å². The molecule has 1 heterocycles. The highest BCUT2D eigenvalue weighted by Crippen LogP contribution is 2.44. The number of para-hydroxylation sites is 1. The molecule has 1 aromatic heterocycles. The van der Waals surface area contributed by atoms with E-state index in [9.17, 15) is 47.9 Å². The Morgan fingerprint density at radius 1 is 0.849 bits per heavy atom. The van der Waals surface area contributed by atoms with Gasteiger partial charge in [-0.25, -0.2) is 12.6 Å². The average Bonchev–Trinajstić information content (AvgIpc) is 3.02. The number of rotatable bonds is 17. The molecule has 21 nitrogen and oxygen atoms in total. The number of hydrogen-bond donors (Lipinski definition) is 7. The molecule has 0 radical (unpaired) electrons. The molecule has 0 aliphatic heterocycles. The topological polar surface area (TPSA) is 340 Å². The lowest BCUT2D eigenvalue weighted by Gasteiger charge is -2.18. The number of nitrogens with one attached hydrogen (secondary N) is 2. The standard InChI is InChI=1S/C28H34N8O13S4/c1-3-7-18(50(38,39)13-12-49-53(46,47)48)14-16(2)35-36-24-22(52(43,44)45)15-17-8-6-10-20(23(17)25(24)37)31-28-33-26(29)32-27(34-28)30-19-9-4-5-11-21(19)51(40,41)42/h4-6,8-11,15-16,18,37H,3,7,12-14H2,1-2H3,(H,40,41,42)(H,43,44,45)(H,46,47,48)(H4,29,30,31,32,33,34)/b36-35+. The Morgan fingerprint density at radius 2 is 1.45 bits per heavy atom. The first-order valence-corrected chi connectivity index (χ1v) is 21.2. The first-order chi connectivity index (χ1) is 24.6. The maximum atomic E-state index is 12.9. The van der Waals surface area contributed by atoms with E-state index in [1.54, 1.807) is 6.92 Å². The number of aromatic nitrogens is 3. The molecule has 0 saturated heterocycles. The third kappa shape index (κ3) is 10.9. The number of nitrogens with zero attached hydrogens (tertiary/aromatic N) is 5. The minimum Gasteiger partial charge on any atom is -0.505 e. The maximum absolute atomic E-state index is 12.9. The van der Waals surface area contributed by atoms with E-state index in [0.717, 1.165) is 12.1 Å². The Kier molecular flexibility index (Phi) is 12.5. The normalized spacial score (nSPS) is 14.0. The molecule has 288 valence electrons. The molecule has 0 bridgehead atoms. The third-order valence-corrected chi connectivity index (χ3v) is 11.8. The lowest BCUT2D eigenvalue weighted by Crippen LogP contribution is -2.29. The van der Waals surface area contributed by atoms with Gasteiger partial charge >= 0.3 is 10.4 Å². The van der Waals surface area contributed by atoms with Gasteiger partial charge in [-0.2, -0.15) is 50.4 Å². The predicted molar refractivity (Wildman–Crippen MR) is 191 cm³/mol. The maximum Gasteiger partial charge on any atom is 0.397 e. The zero-order valence-corrected chi connectivity index (χ0v) is 31.0. The van der Waals surface area contributed by atoms with Crippen LogP contribution in [0.2, 0.25) is 0 Å². The fourth-order valence-corrected chi connectivity index (χ4v) is 8.63. The quantitative estimate of drug-likeness (QED) is 0.0591. The molecule has 0 aliphatic rings. The van der Waals surface area contributed by atoms with E-state index in [1.807, 2.05) is 0 Å². The van der Waals surface area contributed by atoms with Crippen molar-refractivity contribution in [3.8, 4) is 5.75 Å². The van der Waals surface area contributed by atoms with E-state index in [-0.39, 0.29) is 52.8 Å². The van der Waals surface area contributed by atoms with Crippen LogP contribution in [0, 0.1) is 0 Å². The van der Waals surface area contributed by atoms with Gasteiger partial charge in [-0.1, -0.05) is 37.6 Å². The van der Waals surface area contributed by atoms with Crippen molar-refractivity contribution in [2.75, 3.05) is 28.7 Å². The van der Waals surface area contributed by atoms with Crippen LogP contribution >= 0.6 is 0 Å². The van der Waals surface area contributed by atoms with Crippen molar-refractivity contribution < 1.29 is 56.6 Å². The van der Waals surface area contributed by atoms with Crippen LogP contribution in [-0.4, -0.2) is 91.0 Å². The second-order valence-corrected chi connectivity index (χ2v) is 17.6. The summed E-state index contributed by atoms with van der Waals surface area (Å²) in [5, 5.41) is 23.7. The smallest absolute Gasteiger partial charge is 0.397 e. The Morgan fingerprint density at radius 3 is 2.06 bits per heavy atom. The molecular weight excluding hydrogens is 785 g/mol. The van der Waals surface area contributed by atoms with Gasteiger partial charge in [0.05, 0.1) is 35.0 Å². The molecule has 3 aromatic carbocycles. The molecule has 25 heteroatoms. The van der Waals surface area contributed by atoms with Crippen LogP contribution < -0.4 is 16.4 Å². The summed E-state index contributed by atoms with van der Waals surface area (Å²) >= 11 is 0. The number of phenols is 1. The summed E-state index contributed by atoms with van der Waals surface area (Å²) in [7, 11) is -18.5. The molecular formula is C28H34N8O13S4. The van der Waals surface area contributed by atoms with Crippen LogP contribution in [0.25, 0.3) is 10.8 Å². The van der Waals surface area contributed by atoms with Gasteiger partial charge in [0, 0.05) is 5.39 Å². The van der Waals surface area contributed by atoms with Crippen molar-refractivity contribution in [2.45, 2.75) is 54.2 Å². The number of benzene rings is 3. The predicted octanol–water partition coefficient (Wildman–Crippen LogP) is 3.56. The average molecular weight is 819 g/mol. The molecule has 8 N–H and O–H groups in total. The van der Waals surface area contributed by atoms with Crippen LogP contribution in [0.3, 0.4) is 0 Å². The summed E-state index contributed by atoms with van der Waals surface area (Å²) in [6, 6.07) is 9.71. The summed E-state index contributed by atoms with van der Waals surface area (Å²) in [6.45, 7) is 2.35. The highest BCUT2D eigenvalue weighted by atomic mass is 32.3. The van der Waals surface area contributed by atoms with Gasteiger partial charge in [0.1, 0.15) is 15.5 Å². The number of azo groups is 1. The van der Waals surface area contributed by atoms with Crippen molar-refractivity contribution in [1.82, 2.24) is 15.0 Å². The third-order valence-electron chi connectivity index (χ3n) is 7.34. The largest absolute Gasteiger partial charge is 0.505 e. The van der Waals surface area contributed by atoms with Gasteiger partial charge in [-0.05, 0) is 49.4 Å². The minimum atomic E-state index is -5.03. The van der Waals surface area contributed by atoms with Crippen LogP contribution in [0.1, 0.15) is 33.1 Å². The molecule has 2 unspecified atom stereocenters. The van der Waals surface area contributed by atoms with Crippen LogP contribution in [-0.2, 0) is 44.7 Å². The summed E-state index contributed by atoms with van der Waals surface area (Å²) in [6.07, 6.45) is 0.371. The van der Waals surface area contributed by atoms with Gasteiger partial charge in [0.25, 0.3) is 20.2 Å². The number of hydrogen-bond acceptors (Lipinski definition) is 18. The molecule has 0 spiro atoms.